The van der Waals surface area contributed by atoms with Crippen LogP contribution in [0, 0.1) is 5.82 Å². The molecular weight excluding hydrogens is 228 g/mol. The van der Waals surface area contributed by atoms with Crippen molar-refractivity contribution in [2.24, 2.45) is 0 Å². The molecule has 6 heteroatoms. The zero-order valence-electron chi connectivity index (χ0n) is 8.27. The minimum absolute atomic E-state index is 0.0209. The normalized spacial score (nSPS) is 11.3. The summed E-state index contributed by atoms with van der Waals surface area (Å²) in [6, 6.07) is 1.47. The number of hydrogen-bond donors (Lipinski definition) is 0. The predicted octanol–water partition coefficient (Wildman–Crippen LogP) is 3.06. The molecule has 2 nitrogen and oxygen atoms in total. The molecule has 1 aromatic carbocycles. The van der Waals surface area contributed by atoms with Gasteiger partial charge in [0.05, 0.1) is 17.7 Å². The highest BCUT2D eigenvalue weighted by atomic mass is 19.4. The second-order valence-corrected chi connectivity index (χ2v) is 2.92. The number of rotatable bonds is 3. The van der Waals surface area contributed by atoms with Crippen molar-refractivity contribution in [3.63, 3.8) is 0 Å². The molecule has 0 spiro atoms. The van der Waals surface area contributed by atoms with Crippen LogP contribution in [0.4, 0.5) is 17.6 Å². The molecule has 0 saturated heterocycles. The molecule has 0 heterocycles. The Morgan fingerprint density at radius 3 is 2.44 bits per heavy atom. The van der Waals surface area contributed by atoms with Crippen molar-refractivity contribution in [3.8, 4) is 5.75 Å². The highest BCUT2D eigenvalue weighted by Gasteiger charge is 2.35. The molecule has 0 atom stereocenters. The molecule has 0 unspecified atom stereocenters. The average Bonchev–Trinajstić information content (AvgIpc) is 2.19. The zero-order chi connectivity index (χ0) is 12.3. The Bertz CT molecular complexity index is 399. The van der Waals surface area contributed by atoms with Crippen LogP contribution < -0.4 is 4.74 Å². The van der Waals surface area contributed by atoms with Crippen molar-refractivity contribution in [2.45, 2.75) is 13.1 Å². The van der Waals surface area contributed by atoms with Gasteiger partial charge in [-0.05, 0) is 19.1 Å². The van der Waals surface area contributed by atoms with Crippen LogP contribution in [0.25, 0.3) is 0 Å². The van der Waals surface area contributed by atoms with Crippen LogP contribution >= 0.6 is 0 Å². The van der Waals surface area contributed by atoms with Crippen LogP contribution in [-0.2, 0) is 6.18 Å². The van der Waals surface area contributed by atoms with Gasteiger partial charge in [0.1, 0.15) is 11.6 Å². The highest BCUT2D eigenvalue weighted by Crippen LogP contribution is 2.34. The number of ether oxygens (including phenoxy) is 1. The first-order valence-electron chi connectivity index (χ1n) is 4.38. The fourth-order valence-corrected chi connectivity index (χ4v) is 1.16. The summed E-state index contributed by atoms with van der Waals surface area (Å²) in [7, 11) is 0. The summed E-state index contributed by atoms with van der Waals surface area (Å²) >= 11 is 0. The molecule has 0 fully saturated rings. The summed E-state index contributed by atoms with van der Waals surface area (Å²) in [5, 5.41) is 0. The molecule has 0 N–H and O–H groups in total. The van der Waals surface area contributed by atoms with Crippen LogP contribution in [0.15, 0.2) is 12.1 Å². The Labute approximate surface area is 88.8 Å². The van der Waals surface area contributed by atoms with Crippen molar-refractivity contribution < 1.29 is 27.1 Å². The lowest BCUT2D eigenvalue weighted by Gasteiger charge is -2.11. The van der Waals surface area contributed by atoms with Crippen molar-refractivity contribution in [1.82, 2.24) is 0 Å². The quantitative estimate of drug-likeness (QED) is 0.595. The minimum atomic E-state index is -4.85. The molecule has 0 saturated carbocycles. The van der Waals surface area contributed by atoms with E-state index in [1.807, 2.05) is 0 Å². The summed E-state index contributed by atoms with van der Waals surface area (Å²) in [5.74, 6) is -1.76. The van der Waals surface area contributed by atoms with E-state index >= 15 is 0 Å². The molecule has 0 aliphatic carbocycles. The maximum atomic E-state index is 13.2. The Morgan fingerprint density at radius 1 is 1.38 bits per heavy atom. The molecule has 0 bridgehead atoms. The second kappa shape index (κ2) is 4.51. The second-order valence-electron chi connectivity index (χ2n) is 2.92. The van der Waals surface area contributed by atoms with Crippen molar-refractivity contribution in [1.29, 1.82) is 0 Å². The first-order chi connectivity index (χ1) is 7.40. The maximum Gasteiger partial charge on any atom is 0.419 e. The van der Waals surface area contributed by atoms with Gasteiger partial charge in [-0.3, -0.25) is 4.79 Å². The summed E-state index contributed by atoms with van der Waals surface area (Å²) in [6.45, 7) is 1.69. The number of aldehydes is 1. The fraction of sp³-hybridized carbons (Fsp3) is 0.300. The lowest BCUT2D eigenvalue weighted by molar-refractivity contribution is -0.140. The van der Waals surface area contributed by atoms with Gasteiger partial charge in [0.25, 0.3) is 0 Å². The number of carbonyl (C=O) groups excluding carboxylic acids is 1. The van der Waals surface area contributed by atoms with Crippen molar-refractivity contribution in [2.75, 3.05) is 6.61 Å². The van der Waals surface area contributed by atoms with Gasteiger partial charge in [-0.2, -0.15) is 13.2 Å². The number of carbonyl (C=O) groups is 1. The topological polar surface area (TPSA) is 26.3 Å². The molecule has 88 valence electrons. The van der Waals surface area contributed by atoms with Gasteiger partial charge in [-0.25, -0.2) is 4.39 Å². The number of hydrogen-bond acceptors (Lipinski definition) is 2. The average molecular weight is 236 g/mol. The molecule has 16 heavy (non-hydrogen) atoms. The van der Waals surface area contributed by atoms with Crippen LogP contribution in [0.1, 0.15) is 22.8 Å². The lowest BCUT2D eigenvalue weighted by Crippen LogP contribution is -2.10. The molecule has 0 radical (unpaired) electrons. The lowest BCUT2D eigenvalue weighted by atomic mass is 10.1. The number of halogens is 4. The molecule has 1 rings (SSSR count). The van der Waals surface area contributed by atoms with Gasteiger partial charge in [-0.15, -0.1) is 0 Å². The van der Waals surface area contributed by atoms with Crippen LogP contribution in [0.3, 0.4) is 0 Å². The van der Waals surface area contributed by atoms with E-state index in [-0.39, 0.29) is 18.6 Å². The van der Waals surface area contributed by atoms with E-state index in [0.717, 1.165) is 6.07 Å². The van der Waals surface area contributed by atoms with Gasteiger partial charge >= 0.3 is 6.18 Å². The molecule has 0 amide bonds. The smallest absolute Gasteiger partial charge is 0.419 e. The van der Waals surface area contributed by atoms with E-state index in [2.05, 4.69) is 0 Å². The fourth-order valence-electron chi connectivity index (χ4n) is 1.16. The molecule has 0 aliphatic rings. The highest BCUT2D eigenvalue weighted by molar-refractivity contribution is 5.76. The summed E-state index contributed by atoms with van der Waals surface area (Å²) in [6.07, 6.45) is -4.83. The zero-order valence-corrected chi connectivity index (χ0v) is 8.27. The number of benzene rings is 1. The summed E-state index contributed by atoms with van der Waals surface area (Å²) in [5.41, 5.74) is -2.17. The molecule has 0 aliphatic heterocycles. The Hall–Kier alpha value is -1.59. The monoisotopic (exact) mass is 236 g/mol. The standard InChI is InChI=1S/C10H8F4O2/c1-2-16-7-3-6(5-15)9(11)8(4-7)10(12,13)14/h3-5H,2H2,1H3. The summed E-state index contributed by atoms with van der Waals surface area (Å²) < 4.78 is 55.1. The molecule has 0 aromatic heterocycles. The van der Waals surface area contributed by atoms with Crippen LogP contribution in [0.5, 0.6) is 5.75 Å². The van der Waals surface area contributed by atoms with E-state index < -0.39 is 23.1 Å². The third-order valence-electron chi connectivity index (χ3n) is 1.82. The van der Waals surface area contributed by atoms with Gasteiger partial charge in [0.2, 0.25) is 0 Å². The van der Waals surface area contributed by atoms with E-state index in [4.69, 9.17) is 4.74 Å². The predicted molar refractivity (Wildman–Crippen MR) is 48.0 cm³/mol. The third-order valence-corrected chi connectivity index (χ3v) is 1.82. The largest absolute Gasteiger partial charge is 0.494 e. The van der Waals surface area contributed by atoms with Crippen molar-refractivity contribution >= 4 is 6.29 Å². The third kappa shape index (κ3) is 2.50. The van der Waals surface area contributed by atoms with E-state index in [0.29, 0.717) is 6.07 Å². The summed E-state index contributed by atoms with van der Waals surface area (Å²) in [4.78, 5) is 10.4. The van der Waals surface area contributed by atoms with Crippen LogP contribution in [-0.4, -0.2) is 12.9 Å². The van der Waals surface area contributed by atoms with Crippen LogP contribution in [0.2, 0.25) is 0 Å². The Kier molecular flexibility index (Phi) is 3.51. The minimum Gasteiger partial charge on any atom is -0.494 e. The van der Waals surface area contributed by atoms with Gasteiger partial charge in [0.15, 0.2) is 6.29 Å². The van der Waals surface area contributed by atoms with E-state index in [1.165, 1.54) is 0 Å². The first-order valence-corrected chi connectivity index (χ1v) is 4.38. The van der Waals surface area contributed by atoms with Gasteiger partial charge in [-0.1, -0.05) is 0 Å². The molecule has 1 aromatic rings. The Morgan fingerprint density at radius 2 is 2.00 bits per heavy atom. The SMILES string of the molecule is CCOc1cc(C=O)c(F)c(C(F)(F)F)c1. The first kappa shape index (κ1) is 12.5. The maximum absolute atomic E-state index is 13.2. The Balaban J connectivity index is 3.36. The van der Waals surface area contributed by atoms with E-state index in [9.17, 15) is 22.4 Å². The van der Waals surface area contributed by atoms with Gasteiger partial charge < -0.3 is 4.74 Å². The molecular formula is C10H8F4O2. The van der Waals surface area contributed by atoms with Crippen molar-refractivity contribution in [3.05, 3.63) is 29.1 Å². The number of alkyl halides is 3. The van der Waals surface area contributed by atoms with Gasteiger partial charge in [0, 0.05) is 0 Å². The van der Waals surface area contributed by atoms with E-state index in [1.54, 1.807) is 6.92 Å².